The lowest BCUT2D eigenvalue weighted by atomic mass is 10.2. The minimum atomic E-state index is -0.269. The predicted octanol–water partition coefficient (Wildman–Crippen LogP) is 3.93. The molecule has 0 aliphatic rings. The van der Waals surface area contributed by atoms with E-state index in [1.807, 2.05) is 35.9 Å². The summed E-state index contributed by atoms with van der Waals surface area (Å²) in [6.07, 6.45) is 5.54. The Balaban J connectivity index is 1.77. The standard InChI is InChI=1S/C18H13FN4/c1-12-10-23(11-21-12)16-6-7-17-14(8-16)9-20-18(22-17)13-2-4-15(19)5-3-13/h2-11H,1H3. The molecule has 0 aliphatic heterocycles. The fourth-order valence-corrected chi connectivity index (χ4v) is 2.48. The first-order valence-corrected chi connectivity index (χ1v) is 7.23. The van der Waals surface area contributed by atoms with Gasteiger partial charge in [-0.1, -0.05) is 0 Å². The monoisotopic (exact) mass is 304 g/mol. The molecule has 5 heteroatoms. The molecule has 2 aromatic heterocycles. The Bertz CT molecular complexity index is 990. The van der Waals surface area contributed by atoms with E-state index in [9.17, 15) is 4.39 Å². The number of aromatic nitrogens is 4. The molecule has 0 saturated heterocycles. The molecule has 23 heavy (non-hydrogen) atoms. The van der Waals surface area contributed by atoms with Crippen LogP contribution in [0.4, 0.5) is 4.39 Å². The molecule has 0 unspecified atom stereocenters. The van der Waals surface area contributed by atoms with Gasteiger partial charge in [-0.2, -0.15) is 0 Å². The van der Waals surface area contributed by atoms with Gasteiger partial charge in [-0.05, 0) is 49.4 Å². The Kier molecular flexibility index (Phi) is 3.12. The highest BCUT2D eigenvalue weighted by Crippen LogP contribution is 2.21. The minimum Gasteiger partial charge on any atom is -0.306 e. The van der Waals surface area contributed by atoms with E-state index in [0.717, 1.165) is 27.8 Å². The van der Waals surface area contributed by atoms with Crippen molar-refractivity contribution in [1.82, 2.24) is 19.5 Å². The molecule has 0 N–H and O–H groups in total. The van der Waals surface area contributed by atoms with Crippen molar-refractivity contribution in [2.24, 2.45) is 0 Å². The lowest BCUT2D eigenvalue weighted by Gasteiger charge is -2.06. The van der Waals surface area contributed by atoms with Gasteiger partial charge in [-0.3, -0.25) is 0 Å². The second kappa shape index (κ2) is 5.28. The average molecular weight is 304 g/mol. The zero-order chi connectivity index (χ0) is 15.8. The zero-order valence-electron chi connectivity index (χ0n) is 12.4. The summed E-state index contributed by atoms with van der Waals surface area (Å²) in [6, 6.07) is 12.1. The van der Waals surface area contributed by atoms with Gasteiger partial charge in [-0.15, -0.1) is 0 Å². The Morgan fingerprint density at radius 2 is 1.83 bits per heavy atom. The third kappa shape index (κ3) is 2.57. The number of hydrogen-bond donors (Lipinski definition) is 0. The highest BCUT2D eigenvalue weighted by Gasteiger charge is 2.05. The van der Waals surface area contributed by atoms with E-state index in [-0.39, 0.29) is 5.82 Å². The maximum atomic E-state index is 13.0. The molecular weight excluding hydrogens is 291 g/mol. The Labute approximate surface area is 132 Å². The number of nitrogens with zero attached hydrogens (tertiary/aromatic N) is 4. The summed E-state index contributed by atoms with van der Waals surface area (Å²) in [5.74, 6) is 0.318. The van der Waals surface area contributed by atoms with Gasteiger partial charge in [-0.25, -0.2) is 19.3 Å². The van der Waals surface area contributed by atoms with Crippen LogP contribution >= 0.6 is 0 Å². The van der Waals surface area contributed by atoms with Gasteiger partial charge in [0.05, 0.1) is 17.5 Å². The third-order valence-electron chi connectivity index (χ3n) is 3.68. The van der Waals surface area contributed by atoms with Crippen molar-refractivity contribution in [3.63, 3.8) is 0 Å². The van der Waals surface area contributed by atoms with Crippen LogP contribution in [0.25, 0.3) is 28.0 Å². The largest absolute Gasteiger partial charge is 0.306 e. The van der Waals surface area contributed by atoms with Crippen molar-refractivity contribution < 1.29 is 4.39 Å². The lowest BCUT2D eigenvalue weighted by molar-refractivity contribution is 0.628. The quantitative estimate of drug-likeness (QED) is 0.563. The molecule has 0 atom stereocenters. The molecule has 4 rings (SSSR count). The van der Waals surface area contributed by atoms with Gasteiger partial charge in [0.15, 0.2) is 5.82 Å². The highest BCUT2D eigenvalue weighted by molar-refractivity contribution is 5.81. The number of hydrogen-bond acceptors (Lipinski definition) is 3. The number of rotatable bonds is 2. The summed E-state index contributed by atoms with van der Waals surface area (Å²) < 4.78 is 15.0. The van der Waals surface area contributed by atoms with Gasteiger partial charge >= 0.3 is 0 Å². The minimum absolute atomic E-state index is 0.269. The first-order valence-electron chi connectivity index (χ1n) is 7.23. The molecule has 0 radical (unpaired) electrons. The van der Waals surface area contributed by atoms with Crippen LogP contribution < -0.4 is 0 Å². The van der Waals surface area contributed by atoms with Gasteiger partial charge < -0.3 is 4.57 Å². The van der Waals surface area contributed by atoms with Gasteiger partial charge in [0.1, 0.15) is 5.82 Å². The molecule has 0 spiro atoms. The Morgan fingerprint density at radius 3 is 2.57 bits per heavy atom. The molecule has 112 valence electrons. The van der Waals surface area contributed by atoms with E-state index in [1.165, 1.54) is 12.1 Å². The summed E-state index contributed by atoms with van der Waals surface area (Å²) in [6.45, 7) is 1.95. The molecular formula is C18H13FN4. The molecule has 0 amide bonds. The van der Waals surface area contributed by atoms with Crippen LogP contribution in [0.3, 0.4) is 0 Å². The average Bonchev–Trinajstić information content (AvgIpc) is 3.01. The molecule has 4 aromatic rings. The van der Waals surface area contributed by atoms with E-state index in [4.69, 9.17) is 0 Å². The SMILES string of the molecule is Cc1cn(-c2ccc3nc(-c4ccc(F)cc4)ncc3c2)cn1. The normalized spacial score (nSPS) is 11.0. The van der Waals surface area contributed by atoms with E-state index < -0.39 is 0 Å². The van der Waals surface area contributed by atoms with E-state index in [1.54, 1.807) is 24.7 Å². The van der Waals surface area contributed by atoms with Crippen LogP contribution in [0, 0.1) is 12.7 Å². The van der Waals surface area contributed by atoms with Crippen LogP contribution in [0.5, 0.6) is 0 Å². The summed E-state index contributed by atoms with van der Waals surface area (Å²) in [5.41, 5.74) is 3.62. The van der Waals surface area contributed by atoms with E-state index in [0.29, 0.717) is 5.82 Å². The van der Waals surface area contributed by atoms with Crippen molar-refractivity contribution in [2.45, 2.75) is 6.92 Å². The third-order valence-corrected chi connectivity index (χ3v) is 3.68. The second-order valence-corrected chi connectivity index (χ2v) is 5.37. The molecule has 0 bridgehead atoms. The van der Waals surface area contributed by atoms with Crippen molar-refractivity contribution in [1.29, 1.82) is 0 Å². The summed E-state index contributed by atoms with van der Waals surface area (Å²) in [5, 5.41) is 0.944. The van der Waals surface area contributed by atoms with Crippen LogP contribution in [-0.2, 0) is 0 Å². The highest BCUT2D eigenvalue weighted by atomic mass is 19.1. The van der Waals surface area contributed by atoms with Crippen molar-refractivity contribution >= 4 is 10.9 Å². The van der Waals surface area contributed by atoms with Crippen LogP contribution in [0.2, 0.25) is 0 Å². The van der Waals surface area contributed by atoms with E-state index in [2.05, 4.69) is 15.0 Å². The van der Waals surface area contributed by atoms with Gasteiger partial charge in [0.25, 0.3) is 0 Å². The molecule has 0 saturated carbocycles. The number of benzene rings is 2. The molecule has 2 heterocycles. The number of halogens is 1. The van der Waals surface area contributed by atoms with Gasteiger partial charge in [0, 0.05) is 29.0 Å². The van der Waals surface area contributed by atoms with E-state index >= 15 is 0 Å². The maximum Gasteiger partial charge on any atom is 0.159 e. The summed E-state index contributed by atoms with van der Waals surface area (Å²) in [4.78, 5) is 13.2. The molecule has 2 aromatic carbocycles. The molecule has 0 fully saturated rings. The smallest absolute Gasteiger partial charge is 0.159 e. The molecule has 4 nitrogen and oxygen atoms in total. The van der Waals surface area contributed by atoms with Crippen LogP contribution in [-0.4, -0.2) is 19.5 Å². The first kappa shape index (κ1) is 13.6. The fraction of sp³-hybridized carbons (Fsp3) is 0.0556. The van der Waals surface area contributed by atoms with Crippen LogP contribution in [0.1, 0.15) is 5.69 Å². The summed E-state index contributed by atoms with van der Waals surface area (Å²) in [7, 11) is 0. The number of aryl methyl sites for hydroxylation is 1. The fourth-order valence-electron chi connectivity index (χ4n) is 2.48. The lowest BCUT2D eigenvalue weighted by Crippen LogP contribution is -1.93. The van der Waals surface area contributed by atoms with Crippen molar-refractivity contribution in [3.8, 4) is 17.1 Å². The Hall–Kier alpha value is -3.08. The number of fused-ring (bicyclic) bond motifs is 1. The topological polar surface area (TPSA) is 43.6 Å². The van der Waals surface area contributed by atoms with Gasteiger partial charge in [0.2, 0.25) is 0 Å². The Morgan fingerprint density at radius 1 is 1.00 bits per heavy atom. The van der Waals surface area contributed by atoms with Crippen molar-refractivity contribution in [3.05, 3.63) is 72.7 Å². The summed E-state index contributed by atoms with van der Waals surface area (Å²) >= 11 is 0. The maximum absolute atomic E-state index is 13.0. The number of imidazole rings is 1. The molecule has 0 aliphatic carbocycles. The van der Waals surface area contributed by atoms with Crippen LogP contribution in [0.15, 0.2) is 61.2 Å². The first-order chi connectivity index (χ1) is 11.2. The predicted molar refractivity (Wildman–Crippen MR) is 86.8 cm³/mol. The second-order valence-electron chi connectivity index (χ2n) is 5.37. The van der Waals surface area contributed by atoms with Crippen molar-refractivity contribution in [2.75, 3.05) is 0 Å². The zero-order valence-corrected chi connectivity index (χ0v) is 12.4.